The SMILES string of the molecule is c1ccc(-c2cnsn2)cc1. The third-order valence-corrected chi connectivity index (χ3v) is 1.91. The Hall–Kier alpha value is -1.22. The third kappa shape index (κ3) is 1.28. The highest BCUT2D eigenvalue weighted by atomic mass is 32.1. The number of nitrogens with zero attached hydrogens (tertiary/aromatic N) is 2. The lowest BCUT2D eigenvalue weighted by atomic mass is 10.2. The normalized spacial score (nSPS) is 9.82. The smallest absolute Gasteiger partial charge is 0.104 e. The molecule has 1 aromatic heterocycles. The second kappa shape index (κ2) is 2.80. The van der Waals surface area contributed by atoms with Gasteiger partial charge in [0.15, 0.2) is 0 Å². The van der Waals surface area contributed by atoms with Gasteiger partial charge in [0, 0.05) is 5.56 Å². The molecule has 0 saturated heterocycles. The van der Waals surface area contributed by atoms with Crippen LogP contribution in [-0.2, 0) is 0 Å². The molecule has 0 N–H and O–H groups in total. The van der Waals surface area contributed by atoms with Gasteiger partial charge in [-0.3, -0.25) is 0 Å². The summed E-state index contributed by atoms with van der Waals surface area (Å²) in [6, 6.07) is 10.0. The first kappa shape index (κ1) is 6.49. The first-order valence-corrected chi connectivity index (χ1v) is 4.03. The summed E-state index contributed by atoms with van der Waals surface area (Å²) in [5.74, 6) is 0. The molecular formula is C8H6N2S. The van der Waals surface area contributed by atoms with Gasteiger partial charge in [0.1, 0.15) is 5.69 Å². The molecule has 0 aliphatic heterocycles. The Kier molecular flexibility index (Phi) is 1.65. The van der Waals surface area contributed by atoms with E-state index in [0.29, 0.717) is 0 Å². The van der Waals surface area contributed by atoms with Crippen molar-refractivity contribution in [1.82, 2.24) is 8.75 Å². The van der Waals surface area contributed by atoms with Gasteiger partial charge in [-0.2, -0.15) is 8.75 Å². The summed E-state index contributed by atoms with van der Waals surface area (Å²) < 4.78 is 8.05. The van der Waals surface area contributed by atoms with E-state index in [2.05, 4.69) is 8.75 Å². The molecule has 2 aromatic rings. The van der Waals surface area contributed by atoms with Crippen LogP contribution in [0.5, 0.6) is 0 Å². The van der Waals surface area contributed by atoms with Crippen molar-refractivity contribution < 1.29 is 0 Å². The maximum atomic E-state index is 4.12. The predicted octanol–water partition coefficient (Wildman–Crippen LogP) is 2.21. The summed E-state index contributed by atoms with van der Waals surface area (Å²) in [6.45, 7) is 0. The minimum absolute atomic E-state index is 0.954. The minimum Gasteiger partial charge on any atom is -0.181 e. The highest BCUT2D eigenvalue weighted by molar-refractivity contribution is 6.99. The Morgan fingerprint density at radius 3 is 2.55 bits per heavy atom. The Labute approximate surface area is 68.9 Å². The molecule has 0 bridgehead atoms. The van der Waals surface area contributed by atoms with Crippen molar-refractivity contribution in [2.45, 2.75) is 0 Å². The van der Waals surface area contributed by atoms with E-state index in [-0.39, 0.29) is 0 Å². The van der Waals surface area contributed by atoms with Gasteiger partial charge in [-0.05, 0) is 0 Å². The van der Waals surface area contributed by atoms with Crippen LogP contribution in [0, 0.1) is 0 Å². The van der Waals surface area contributed by atoms with Crippen molar-refractivity contribution in [1.29, 1.82) is 0 Å². The van der Waals surface area contributed by atoms with Crippen LogP contribution in [0.1, 0.15) is 0 Å². The minimum atomic E-state index is 0.954. The van der Waals surface area contributed by atoms with E-state index < -0.39 is 0 Å². The molecule has 0 amide bonds. The molecule has 0 aliphatic carbocycles. The predicted molar refractivity (Wildman–Crippen MR) is 45.3 cm³/mol. The fourth-order valence-corrected chi connectivity index (χ4v) is 1.34. The molecule has 1 heterocycles. The van der Waals surface area contributed by atoms with Gasteiger partial charge in [0.05, 0.1) is 17.9 Å². The fourth-order valence-electron chi connectivity index (χ4n) is 0.901. The van der Waals surface area contributed by atoms with Crippen molar-refractivity contribution >= 4 is 11.7 Å². The lowest BCUT2D eigenvalue weighted by molar-refractivity contribution is 1.49. The molecule has 0 atom stereocenters. The zero-order valence-electron chi connectivity index (χ0n) is 5.77. The van der Waals surface area contributed by atoms with Gasteiger partial charge in [-0.1, -0.05) is 30.3 Å². The number of benzene rings is 1. The van der Waals surface area contributed by atoms with E-state index in [4.69, 9.17) is 0 Å². The number of hydrogen-bond donors (Lipinski definition) is 0. The molecule has 0 spiro atoms. The van der Waals surface area contributed by atoms with Crippen LogP contribution in [0.4, 0.5) is 0 Å². The van der Waals surface area contributed by atoms with E-state index in [1.54, 1.807) is 6.20 Å². The summed E-state index contributed by atoms with van der Waals surface area (Å²) in [7, 11) is 0. The van der Waals surface area contributed by atoms with E-state index in [1.807, 2.05) is 30.3 Å². The fraction of sp³-hybridized carbons (Fsp3) is 0. The van der Waals surface area contributed by atoms with Crippen LogP contribution < -0.4 is 0 Å². The van der Waals surface area contributed by atoms with Crippen LogP contribution in [-0.4, -0.2) is 8.75 Å². The van der Waals surface area contributed by atoms with Crippen LogP contribution in [0.2, 0.25) is 0 Å². The van der Waals surface area contributed by atoms with Crippen molar-refractivity contribution in [3.05, 3.63) is 36.5 Å². The summed E-state index contributed by atoms with van der Waals surface area (Å²) in [5.41, 5.74) is 2.08. The Morgan fingerprint density at radius 2 is 1.91 bits per heavy atom. The van der Waals surface area contributed by atoms with Gasteiger partial charge in [-0.15, -0.1) is 0 Å². The molecule has 2 rings (SSSR count). The Bertz CT molecular complexity index is 315. The monoisotopic (exact) mass is 162 g/mol. The van der Waals surface area contributed by atoms with Crippen LogP contribution >= 0.6 is 11.7 Å². The summed E-state index contributed by atoms with van der Waals surface area (Å²) in [6.07, 6.45) is 1.78. The average molecular weight is 162 g/mol. The first-order chi connectivity index (χ1) is 5.47. The number of hydrogen-bond acceptors (Lipinski definition) is 3. The molecule has 0 saturated carbocycles. The summed E-state index contributed by atoms with van der Waals surface area (Å²) in [5, 5.41) is 0. The largest absolute Gasteiger partial charge is 0.181 e. The quantitative estimate of drug-likeness (QED) is 0.642. The number of aromatic nitrogens is 2. The first-order valence-electron chi connectivity index (χ1n) is 3.30. The molecule has 1 aromatic carbocycles. The molecule has 0 fully saturated rings. The Balaban J connectivity index is 2.46. The lowest BCUT2D eigenvalue weighted by Crippen LogP contribution is -1.72. The van der Waals surface area contributed by atoms with Crippen molar-refractivity contribution in [3.63, 3.8) is 0 Å². The van der Waals surface area contributed by atoms with Gasteiger partial charge in [0.25, 0.3) is 0 Å². The standard InChI is InChI=1S/C8H6N2S/c1-2-4-7(5-3-1)8-6-9-11-10-8/h1-6H. The zero-order chi connectivity index (χ0) is 7.52. The van der Waals surface area contributed by atoms with Crippen molar-refractivity contribution in [2.75, 3.05) is 0 Å². The molecule has 54 valence electrons. The number of rotatable bonds is 1. The van der Waals surface area contributed by atoms with Crippen molar-refractivity contribution in [2.24, 2.45) is 0 Å². The van der Waals surface area contributed by atoms with E-state index in [0.717, 1.165) is 11.3 Å². The maximum Gasteiger partial charge on any atom is 0.104 e. The molecule has 0 unspecified atom stereocenters. The van der Waals surface area contributed by atoms with Crippen LogP contribution in [0.15, 0.2) is 36.5 Å². The lowest BCUT2D eigenvalue weighted by Gasteiger charge is -1.91. The second-order valence-electron chi connectivity index (χ2n) is 2.16. The van der Waals surface area contributed by atoms with E-state index in [9.17, 15) is 0 Å². The van der Waals surface area contributed by atoms with Gasteiger partial charge in [-0.25, -0.2) is 0 Å². The molecule has 0 aliphatic rings. The topological polar surface area (TPSA) is 25.8 Å². The van der Waals surface area contributed by atoms with Crippen LogP contribution in [0.3, 0.4) is 0 Å². The maximum absolute atomic E-state index is 4.12. The van der Waals surface area contributed by atoms with E-state index in [1.165, 1.54) is 11.7 Å². The second-order valence-corrected chi connectivity index (χ2v) is 2.72. The highest BCUT2D eigenvalue weighted by Gasteiger charge is 1.96. The summed E-state index contributed by atoms with van der Waals surface area (Å²) in [4.78, 5) is 0. The zero-order valence-corrected chi connectivity index (χ0v) is 6.58. The molecule has 0 radical (unpaired) electrons. The molecule has 11 heavy (non-hydrogen) atoms. The molecule has 2 nitrogen and oxygen atoms in total. The highest BCUT2D eigenvalue weighted by Crippen LogP contribution is 2.15. The molecular weight excluding hydrogens is 156 g/mol. The molecule has 3 heteroatoms. The van der Waals surface area contributed by atoms with Gasteiger partial charge >= 0.3 is 0 Å². The third-order valence-electron chi connectivity index (χ3n) is 1.43. The van der Waals surface area contributed by atoms with Gasteiger partial charge < -0.3 is 0 Å². The summed E-state index contributed by atoms with van der Waals surface area (Å²) >= 11 is 1.23. The van der Waals surface area contributed by atoms with Gasteiger partial charge in [0.2, 0.25) is 0 Å². The Morgan fingerprint density at radius 1 is 1.09 bits per heavy atom. The average Bonchev–Trinajstić information content (AvgIpc) is 2.58. The van der Waals surface area contributed by atoms with E-state index >= 15 is 0 Å². The van der Waals surface area contributed by atoms with Crippen LogP contribution in [0.25, 0.3) is 11.3 Å². The van der Waals surface area contributed by atoms with Crippen molar-refractivity contribution in [3.8, 4) is 11.3 Å².